The fourth-order valence-electron chi connectivity index (χ4n) is 2.97. The number of carbonyl (C=O) groups excluding carboxylic acids is 1. The van der Waals surface area contributed by atoms with Crippen molar-refractivity contribution in [3.63, 3.8) is 0 Å². The first kappa shape index (κ1) is 11.7. The summed E-state index contributed by atoms with van der Waals surface area (Å²) in [6.07, 6.45) is 10.6. The smallest absolute Gasteiger partial charge is 0.314 e. The van der Waals surface area contributed by atoms with Crippen molar-refractivity contribution in [3.8, 4) is 0 Å². The Labute approximate surface area is 98.4 Å². The van der Waals surface area contributed by atoms with Crippen LogP contribution in [0.2, 0.25) is 0 Å². The van der Waals surface area contributed by atoms with Gasteiger partial charge in [-0.2, -0.15) is 0 Å². The van der Waals surface area contributed by atoms with Crippen molar-refractivity contribution in [2.24, 2.45) is 11.8 Å². The summed E-state index contributed by atoms with van der Waals surface area (Å²) < 4.78 is 0. The van der Waals surface area contributed by atoms with Gasteiger partial charge in [-0.1, -0.05) is 25.7 Å². The lowest BCUT2D eigenvalue weighted by atomic mass is 10.1. The van der Waals surface area contributed by atoms with Crippen LogP contribution in [-0.2, 0) is 0 Å². The fraction of sp³-hybridized carbons (Fsp3) is 0.923. The lowest BCUT2D eigenvalue weighted by Crippen LogP contribution is -2.39. The summed E-state index contributed by atoms with van der Waals surface area (Å²) in [6.45, 7) is 1.74. The van der Waals surface area contributed by atoms with Gasteiger partial charge >= 0.3 is 6.03 Å². The summed E-state index contributed by atoms with van der Waals surface area (Å²) in [5.74, 6) is 1.47. The van der Waals surface area contributed by atoms with Crippen molar-refractivity contribution in [1.29, 1.82) is 0 Å². The molecule has 2 aliphatic rings. The molecule has 2 N–H and O–H groups in total. The van der Waals surface area contributed by atoms with E-state index in [1.807, 2.05) is 0 Å². The first-order valence-electron chi connectivity index (χ1n) is 6.86. The third-order valence-electron chi connectivity index (χ3n) is 4.05. The predicted molar refractivity (Wildman–Crippen MR) is 65.3 cm³/mol. The molecule has 0 saturated heterocycles. The second kappa shape index (κ2) is 6.12. The monoisotopic (exact) mass is 224 g/mol. The molecule has 3 heteroatoms. The molecule has 2 fully saturated rings. The van der Waals surface area contributed by atoms with E-state index < -0.39 is 0 Å². The van der Waals surface area contributed by atoms with Crippen molar-refractivity contribution >= 4 is 6.03 Å². The first-order valence-corrected chi connectivity index (χ1v) is 6.86. The molecule has 2 rings (SSSR count). The normalized spacial score (nSPS) is 22.5. The van der Waals surface area contributed by atoms with Gasteiger partial charge in [-0.25, -0.2) is 4.79 Å². The maximum Gasteiger partial charge on any atom is 0.314 e. The lowest BCUT2D eigenvalue weighted by molar-refractivity contribution is 0.237. The van der Waals surface area contributed by atoms with Gasteiger partial charge < -0.3 is 10.6 Å². The Hall–Kier alpha value is -0.730. The van der Waals surface area contributed by atoms with Gasteiger partial charge in [0.1, 0.15) is 0 Å². The van der Waals surface area contributed by atoms with Crippen molar-refractivity contribution in [2.75, 3.05) is 13.1 Å². The Kier molecular flexibility index (Phi) is 4.49. The molecule has 2 amide bonds. The minimum atomic E-state index is 0.0406. The molecule has 0 heterocycles. The number of nitrogens with one attached hydrogen (secondary N) is 2. The minimum Gasteiger partial charge on any atom is -0.338 e. The third kappa shape index (κ3) is 3.69. The van der Waals surface area contributed by atoms with Crippen LogP contribution in [0.4, 0.5) is 4.79 Å². The highest BCUT2D eigenvalue weighted by Gasteiger charge is 2.17. The number of amides is 2. The highest BCUT2D eigenvalue weighted by Crippen LogP contribution is 2.24. The summed E-state index contributed by atoms with van der Waals surface area (Å²) in [5.41, 5.74) is 0. The quantitative estimate of drug-likeness (QED) is 0.757. The molecule has 16 heavy (non-hydrogen) atoms. The zero-order valence-electron chi connectivity index (χ0n) is 10.1. The maximum atomic E-state index is 11.5. The second-order valence-corrected chi connectivity index (χ2v) is 5.39. The summed E-state index contributed by atoms with van der Waals surface area (Å²) >= 11 is 0. The van der Waals surface area contributed by atoms with Gasteiger partial charge in [0.2, 0.25) is 0 Å². The molecule has 2 saturated carbocycles. The highest BCUT2D eigenvalue weighted by atomic mass is 16.2. The number of carbonyl (C=O) groups is 1. The maximum absolute atomic E-state index is 11.5. The van der Waals surface area contributed by atoms with Crippen LogP contribution in [0.1, 0.15) is 51.4 Å². The molecule has 0 atom stereocenters. The van der Waals surface area contributed by atoms with Gasteiger partial charge in [0.15, 0.2) is 0 Å². The van der Waals surface area contributed by atoms with Crippen LogP contribution in [0.25, 0.3) is 0 Å². The molecule has 0 radical (unpaired) electrons. The lowest BCUT2D eigenvalue weighted by Gasteiger charge is -2.13. The molecule has 0 aliphatic heterocycles. The zero-order valence-corrected chi connectivity index (χ0v) is 10.1. The Morgan fingerprint density at radius 3 is 1.56 bits per heavy atom. The average molecular weight is 224 g/mol. The average Bonchev–Trinajstić information content (AvgIpc) is 2.96. The summed E-state index contributed by atoms with van der Waals surface area (Å²) in [7, 11) is 0. The van der Waals surface area contributed by atoms with Crippen molar-refractivity contribution in [3.05, 3.63) is 0 Å². The van der Waals surface area contributed by atoms with Gasteiger partial charge in [0.05, 0.1) is 0 Å². The third-order valence-corrected chi connectivity index (χ3v) is 4.05. The molecule has 0 spiro atoms. The van der Waals surface area contributed by atoms with E-state index >= 15 is 0 Å². The molecule has 0 aromatic heterocycles. The van der Waals surface area contributed by atoms with E-state index in [-0.39, 0.29) is 6.03 Å². The molecule has 0 aromatic rings. The summed E-state index contributed by atoms with van der Waals surface area (Å²) in [5, 5.41) is 6.00. The van der Waals surface area contributed by atoms with Crippen LogP contribution in [0.5, 0.6) is 0 Å². The zero-order chi connectivity index (χ0) is 11.2. The van der Waals surface area contributed by atoms with Crippen LogP contribution in [0.3, 0.4) is 0 Å². The molecule has 3 nitrogen and oxygen atoms in total. The standard InChI is InChI=1S/C13H24N2O/c16-13(14-9-11-5-1-2-6-11)15-10-12-7-3-4-8-12/h11-12H,1-10H2,(H2,14,15,16). The van der Waals surface area contributed by atoms with Gasteiger partial charge in [-0.15, -0.1) is 0 Å². The number of hydrogen-bond donors (Lipinski definition) is 2. The number of urea groups is 1. The molecule has 0 aromatic carbocycles. The topological polar surface area (TPSA) is 41.1 Å². The summed E-state index contributed by atoms with van der Waals surface area (Å²) in [6, 6.07) is 0.0406. The molecular weight excluding hydrogens is 200 g/mol. The van der Waals surface area contributed by atoms with E-state index in [1.54, 1.807) is 0 Å². The highest BCUT2D eigenvalue weighted by molar-refractivity contribution is 5.73. The van der Waals surface area contributed by atoms with Crippen molar-refractivity contribution in [2.45, 2.75) is 51.4 Å². The molecule has 2 aliphatic carbocycles. The Bertz CT molecular complexity index is 196. The van der Waals surface area contributed by atoms with E-state index in [0.717, 1.165) is 24.9 Å². The van der Waals surface area contributed by atoms with Crippen molar-refractivity contribution < 1.29 is 4.79 Å². The van der Waals surface area contributed by atoms with Crippen LogP contribution >= 0.6 is 0 Å². The van der Waals surface area contributed by atoms with Crippen LogP contribution < -0.4 is 10.6 Å². The van der Waals surface area contributed by atoms with Gasteiger partial charge in [-0.3, -0.25) is 0 Å². The first-order chi connectivity index (χ1) is 7.84. The predicted octanol–water partition coefficient (Wildman–Crippen LogP) is 2.67. The SMILES string of the molecule is O=C(NCC1CCCC1)NCC1CCCC1. The van der Waals surface area contributed by atoms with E-state index in [1.165, 1.54) is 51.4 Å². The van der Waals surface area contributed by atoms with Gasteiger partial charge in [-0.05, 0) is 37.5 Å². The molecular formula is C13H24N2O. The van der Waals surface area contributed by atoms with E-state index in [4.69, 9.17) is 0 Å². The van der Waals surface area contributed by atoms with Crippen LogP contribution in [0, 0.1) is 11.8 Å². The van der Waals surface area contributed by atoms with Crippen LogP contribution in [-0.4, -0.2) is 19.1 Å². The fourth-order valence-corrected chi connectivity index (χ4v) is 2.97. The summed E-state index contributed by atoms with van der Waals surface area (Å²) in [4.78, 5) is 11.5. The number of rotatable bonds is 4. The molecule has 0 unspecified atom stereocenters. The Morgan fingerprint density at radius 2 is 1.19 bits per heavy atom. The van der Waals surface area contributed by atoms with Gasteiger partial charge in [0.25, 0.3) is 0 Å². The Balaban J connectivity index is 1.53. The molecule has 0 bridgehead atoms. The minimum absolute atomic E-state index is 0.0406. The van der Waals surface area contributed by atoms with Crippen LogP contribution in [0.15, 0.2) is 0 Å². The number of hydrogen-bond acceptors (Lipinski definition) is 1. The van der Waals surface area contributed by atoms with E-state index in [0.29, 0.717) is 0 Å². The van der Waals surface area contributed by atoms with E-state index in [2.05, 4.69) is 10.6 Å². The molecule has 92 valence electrons. The van der Waals surface area contributed by atoms with Crippen molar-refractivity contribution in [1.82, 2.24) is 10.6 Å². The van der Waals surface area contributed by atoms with Gasteiger partial charge in [0, 0.05) is 13.1 Å². The Morgan fingerprint density at radius 1 is 0.812 bits per heavy atom. The largest absolute Gasteiger partial charge is 0.338 e. The van der Waals surface area contributed by atoms with E-state index in [9.17, 15) is 4.79 Å². The second-order valence-electron chi connectivity index (χ2n) is 5.39.